The topological polar surface area (TPSA) is 71.2 Å². The highest BCUT2D eigenvalue weighted by atomic mass is 16.5. The van der Waals surface area contributed by atoms with Crippen LogP contribution in [0, 0.1) is 6.92 Å². The van der Waals surface area contributed by atoms with Gasteiger partial charge in [-0.3, -0.25) is 4.90 Å². The largest absolute Gasteiger partial charge is 0.493 e. The number of aliphatic hydroxyl groups excluding tert-OH is 1. The summed E-state index contributed by atoms with van der Waals surface area (Å²) in [6.07, 6.45) is 5.83. The molecule has 1 aromatic carbocycles. The summed E-state index contributed by atoms with van der Waals surface area (Å²) in [5.74, 6) is 2.17. The summed E-state index contributed by atoms with van der Waals surface area (Å²) < 4.78 is 16.7. The Morgan fingerprint density at radius 1 is 1.13 bits per heavy atom. The molecule has 1 atom stereocenters. The van der Waals surface area contributed by atoms with E-state index in [0.717, 1.165) is 23.6 Å². The first-order chi connectivity index (χ1) is 14.9. The quantitative estimate of drug-likeness (QED) is 0.582. The van der Waals surface area contributed by atoms with Crippen molar-refractivity contribution in [3.63, 3.8) is 0 Å². The molecule has 0 bridgehead atoms. The Bertz CT molecular complexity index is 804. The number of hydrogen-bond acceptors (Lipinski definition) is 7. The van der Waals surface area contributed by atoms with Crippen molar-refractivity contribution in [1.82, 2.24) is 15.0 Å². The monoisotopic (exact) mass is 431 g/mol. The van der Waals surface area contributed by atoms with Gasteiger partial charge in [-0.15, -0.1) is 0 Å². The van der Waals surface area contributed by atoms with Crippen LogP contribution in [0.5, 0.6) is 11.5 Å². The molecule has 7 heteroatoms. The molecule has 1 heterocycles. The minimum atomic E-state index is -0.534. The lowest BCUT2D eigenvalue weighted by molar-refractivity contribution is 0.0553. The van der Waals surface area contributed by atoms with Gasteiger partial charge in [0.1, 0.15) is 12.7 Å². The first-order valence-corrected chi connectivity index (χ1v) is 11.2. The van der Waals surface area contributed by atoms with Gasteiger partial charge in [-0.2, -0.15) is 0 Å². The fraction of sp³-hybridized carbons (Fsp3) is 0.625. The van der Waals surface area contributed by atoms with Gasteiger partial charge < -0.3 is 24.0 Å². The Balaban J connectivity index is 1.49. The third kappa shape index (κ3) is 7.23. The second-order valence-corrected chi connectivity index (χ2v) is 8.79. The third-order valence-corrected chi connectivity index (χ3v) is 5.91. The van der Waals surface area contributed by atoms with Crippen LogP contribution in [0.2, 0.25) is 0 Å². The molecule has 1 aliphatic rings. The van der Waals surface area contributed by atoms with Crippen molar-refractivity contribution in [2.75, 3.05) is 34.4 Å². The number of aliphatic hydroxyl groups is 1. The highest BCUT2D eigenvalue weighted by Gasteiger charge is 2.20. The molecular weight excluding hydrogens is 394 g/mol. The summed E-state index contributed by atoms with van der Waals surface area (Å²) in [6.45, 7) is 4.21. The standard InChI is InChI=1S/C24H37N3O4/c1-18-12-22(31-25-18)16-26(2)14-19-10-11-23(24(13-19)29-4)30-17-21(28)15-27(3)20-8-6-5-7-9-20/h10-13,20-21,28H,5-9,14-17H2,1-4H3. The normalized spacial score (nSPS) is 16.1. The van der Waals surface area contributed by atoms with E-state index in [2.05, 4.69) is 22.0 Å². The van der Waals surface area contributed by atoms with Crippen molar-refractivity contribution < 1.29 is 19.1 Å². The van der Waals surface area contributed by atoms with Crippen LogP contribution in [-0.4, -0.2) is 66.6 Å². The van der Waals surface area contributed by atoms with Gasteiger partial charge in [-0.25, -0.2) is 0 Å². The summed E-state index contributed by atoms with van der Waals surface area (Å²) in [5.41, 5.74) is 2.00. The predicted molar refractivity (Wildman–Crippen MR) is 120 cm³/mol. The number of methoxy groups -OCH3 is 1. The van der Waals surface area contributed by atoms with Crippen molar-refractivity contribution in [1.29, 1.82) is 0 Å². The van der Waals surface area contributed by atoms with Gasteiger partial charge in [0.25, 0.3) is 0 Å². The van der Waals surface area contributed by atoms with Gasteiger partial charge in [0.05, 0.1) is 19.3 Å². The van der Waals surface area contributed by atoms with E-state index in [-0.39, 0.29) is 6.61 Å². The van der Waals surface area contributed by atoms with Crippen LogP contribution in [0.25, 0.3) is 0 Å². The molecule has 1 unspecified atom stereocenters. The van der Waals surface area contributed by atoms with Gasteiger partial charge in [0.15, 0.2) is 17.3 Å². The Kier molecular flexibility index (Phi) is 8.75. The summed E-state index contributed by atoms with van der Waals surface area (Å²) >= 11 is 0. The molecule has 172 valence electrons. The molecule has 1 N–H and O–H groups in total. The lowest BCUT2D eigenvalue weighted by Crippen LogP contribution is -2.40. The molecule has 31 heavy (non-hydrogen) atoms. The van der Waals surface area contributed by atoms with Gasteiger partial charge >= 0.3 is 0 Å². The number of aromatic nitrogens is 1. The van der Waals surface area contributed by atoms with Crippen molar-refractivity contribution >= 4 is 0 Å². The average Bonchev–Trinajstić information content (AvgIpc) is 3.17. The maximum absolute atomic E-state index is 10.5. The molecule has 2 aromatic rings. The molecule has 1 saturated carbocycles. The van der Waals surface area contributed by atoms with E-state index in [1.54, 1.807) is 7.11 Å². The average molecular weight is 432 g/mol. The van der Waals surface area contributed by atoms with E-state index in [0.29, 0.717) is 30.6 Å². The summed E-state index contributed by atoms with van der Waals surface area (Å²) in [6, 6.07) is 8.46. The fourth-order valence-electron chi connectivity index (χ4n) is 4.30. The number of ether oxygens (including phenoxy) is 2. The molecule has 0 spiro atoms. The molecular formula is C24H37N3O4. The van der Waals surface area contributed by atoms with Crippen molar-refractivity contribution in [3.8, 4) is 11.5 Å². The zero-order valence-corrected chi connectivity index (χ0v) is 19.3. The number of aryl methyl sites for hydroxylation is 1. The van der Waals surface area contributed by atoms with Crippen molar-refractivity contribution in [2.45, 2.75) is 64.3 Å². The van der Waals surface area contributed by atoms with Crippen molar-refractivity contribution in [2.24, 2.45) is 0 Å². The van der Waals surface area contributed by atoms with Crippen LogP contribution in [-0.2, 0) is 13.1 Å². The van der Waals surface area contributed by atoms with Crippen LogP contribution >= 0.6 is 0 Å². The first-order valence-electron chi connectivity index (χ1n) is 11.2. The number of hydrogen-bond donors (Lipinski definition) is 1. The third-order valence-electron chi connectivity index (χ3n) is 5.91. The second-order valence-electron chi connectivity index (χ2n) is 8.79. The summed E-state index contributed by atoms with van der Waals surface area (Å²) in [4.78, 5) is 4.43. The molecule has 1 aromatic heterocycles. The predicted octanol–water partition coefficient (Wildman–Crippen LogP) is 3.63. The van der Waals surface area contributed by atoms with E-state index in [1.165, 1.54) is 32.1 Å². The SMILES string of the molecule is COc1cc(CN(C)Cc2cc(C)no2)ccc1OCC(O)CN(C)C1CCCCC1. The van der Waals surface area contributed by atoms with E-state index < -0.39 is 6.10 Å². The smallest absolute Gasteiger partial charge is 0.161 e. The van der Waals surface area contributed by atoms with Crippen molar-refractivity contribution in [3.05, 3.63) is 41.3 Å². The maximum Gasteiger partial charge on any atom is 0.161 e. The van der Waals surface area contributed by atoms with E-state index in [1.807, 2.05) is 38.2 Å². The number of likely N-dealkylation sites (N-methyl/N-ethyl adjacent to an activating group) is 1. The minimum Gasteiger partial charge on any atom is -0.493 e. The van der Waals surface area contributed by atoms with Gasteiger partial charge in [-0.05, 0) is 51.6 Å². The molecule has 0 radical (unpaired) electrons. The lowest BCUT2D eigenvalue weighted by Gasteiger charge is -2.32. The van der Waals surface area contributed by atoms with Crippen LogP contribution in [0.4, 0.5) is 0 Å². The van der Waals surface area contributed by atoms with E-state index in [4.69, 9.17) is 14.0 Å². The molecule has 0 saturated heterocycles. The fourth-order valence-corrected chi connectivity index (χ4v) is 4.30. The van der Waals surface area contributed by atoms with Gasteiger partial charge in [0.2, 0.25) is 0 Å². The number of rotatable bonds is 11. The second kappa shape index (κ2) is 11.5. The molecule has 0 amide bonds. The summed E-state index contributed by atoms with van der Waals surface area (Å²) in [5, 5.41) is 14.4. The molecule has 0 aliphatic heterocycles. The van der Waals surface area contributed by atoms with E-state index >= 15 is 0 Å². The molecule has 3 rings (SSSR count). The van der Waals surface area contributed by atoms with E-state index in [9.17, 15) is 5.11 Å². The van der Waals surface area contributed by atoms with Crippen LogP contribution in [0.3, 0.4) is 0 Å². The number of nitrogens with zero attached hydrogens (tertiary/aromatic N) is 3. The molecule has 7 nitrogen and oxygen atoms in total. The highest BCUT2D eigenvalue weighted by molar-refractivity contribution is 5.43. The number of benzene rings is 1. The van der Waals surface area contributed by atoms with Crippen LogP contribution in [0.1, 0.15) is 49.1 Å². The van der Waals surface area contributed by atoms with Crippen LogP contribution in [0.15, 0.2) is 28.8 Å². The Hall–Kier alpha value is -2.09. The summed E-state index contributed by atoms with van der Waals surface area (Å²) in [7, 11) is 5.78. The van der Waals surface area contributed by atoms with Gasteiger partial charge in [-0.1, -0.05) is 30.5 Å². The molecule has 1 fully saturated rings. The maximum atomic E-state index is 10.5. The first kappa shape index (κ1) is 23.6. The van der Waals surface area contributed by atoms with Gasteiger partial charge in [0, 0.05) is 25.2 Å². The zero-order chi connectivity index (χ0) is 22.2. The lowest BCUT2D eigenvalue weighted by atomic mass is 9.94. The Morgan fingerprint density at radius 2 is 1.90 bits per heavy atom. The zero-order valence-electron chi connectivity index (χ0n) is 19.3. The molecule has 1 aliphatic carbocycles. The van der Waals surface area contributed by atoms with Crippen LogP contribution < -0.4 is 9.47 Å². The Morgan fingerprint density at radius 3 is 2.58 bits per heavy atom. The highest BCUT2D eigenvalue weighted by Crippen LogP contribution is 2.29. The minimum absolute atomic E-state index is 0.248. The Labute approximate surface area is 185 Å².